The molecule has 0 N–H and O–H groups in total. The molecule has 2 aromatic rings. The van der Waals surface area contributed by atoms with E-state index in [0.29, 0.717) is 5.92 Å². The second-order valence-corrected chi connectivity index (χ2v) is 7.74. The van der Waals surface area contributed by atoms with Gasteiger partial charge in [0.25, 0.3) is 0 Å². The molecule has 0 spiro atoms. The maximum atomic E-state index is 13.9. The number of nitriles is 1. The Bertz CT molecular complexity index is 818. The van der Waals surface area contributed by atoms with Crippen LogP contribution in [0.25, 0.3) is 0 Å². The van der Waals surface area contributed by atoms with Crippen LogP contribution < -0.4 is 4.74 Å². The molecule has 0 radical (unpaired) electrons. The Morgan fingerprint density at radius 1 is 1.00 bits per heavy atom. The molecule has 28 heavy (non-hydrogen) atoms. The molecule has 0 heterocycles. The average molecular weight is 383 g/mol. The van der Waals surface area contributed by atoms with Crippen molar-refractivity contribution in [1.29, 1.82) is 5.26 Å². The molecule has 1 saturated carbocycles. The Morgan fingerprint density at radius 2 is 1.71 bits per heavy atom. The molecule has 0 aromatic heterocycles. The maximum absolute atomic E-state index is 13.9. The molecule has 1 aliphatic carbocycles. The molecule has 0 atom stereocenters. The number of rotatable bonds is 7. The first kappa shape index (κ1) is 20.3. The summed E-state index contributed by atoms with van der Waals surface area (Å²) in [6.07, 6.45) is 9.13. The highest BCUT2D eigenvalue weighted by atomic mass is 19.2. The summed E-state index contributed by atoms with van der Waals surface area (Å²) in [5.41, 5.74) is 1.94. The summed E-state index contributed by atoms with van der Waals surface area (Å²) in [4.78, 5) is 0. The zero-order chi connectivity index (χ0) is 19.9. The van der Waals surface area contributed by atoms with Crippen molar-refractivity contribution >= 4 is 0 Å². The number of hydrogen-bond donors (Lipinski definition) is 0. The highest BCUT2D eigenvalue weighted by molar-refractivity contribution is 5.38. The summed E-state index contributed by atoms with van der Waals surface area (Å²) >= 11 is 0. The van der Waals surface area contributed by atoms with Gasteiger partial charge in [0, 0.05) is 0 Å². The van der Waals surface area contributed by atoms with Crippen molar-refractivity contribution in [2.24, 2.45) is 5.92 Å². The predicted octanol–water partition coefficient (Wildman–Crippen LogP) is 6.88. The molecular weight excluding hydrogens is 356 g/mol. The van der Waals surface area contributed by atoms with Gasteiger partial charge in [0.05, 0.1) is 5.56 Å². The second kappa shape index (κ2) is 9.68. The van der Waals surface area contributed by atoms with Crippen LogP contribution >= 0.6 is 0 Å². The third-order valence-electron chi connectivity index (χ3n) is 5.83. The molecule has 1 aliphatic rings. The van der Waals surface area contributed by atoms with Gasteiger partial charge in [-0.05, 0) is 60.8 Å². The molecule has 1 fully saturated rings. The van der Waals surface area contributed by atoms with Gasteiger partial charge in [-0.1, -0.05) is 50.5 Å². The van der Waals surface area contributed by atoms with Gasteiger partial charge in [0.2, 0.25) is 5.82 Å². The molecule has 4 heteroatoms. The Labute approximate surface area is 166 Å². The number of ether oxygens (including phenoxy) is 1. The highest BCUT2D eigenvalue weighted by Crippen LogP contribution is 2.37. The van der Waals surface area contributed by atoms with Gasteiger partial charge in [-0.2, -0.15) is 9.65 Å². The number of unbranched alkanes of at least 4 members (excludes halogenated alkanes) is 1. The van der Waals surface area contributed by atoms with E-state index >= 15 is 0 Å². The summed E-state index contributed by atoms with van der Waals surface area (Å²) in [5.74, 6) is -0.934. The van der Waals surface area contributed by atoms with Crippen molar-refractivity contribution < 1.29 is 13.5 Å². The molecule has 0 unspecified atom stereocenters. The fraction of sp³-hybridized carbons (Fsp3) is 0.458. The van der Waals surface area contributed by atoms with Gasteiger partial charge in [0.1, 0.15) is 12.7 Å². The third-order valence-corrected chi connectivity index (χ3v) is 5.83. The highest BCUT2D eigenvalue weighted by Gasteiger charge is 2.22. The summed E-state index contributed by atoms with van der Waals surface area (Å²) in [7, 11) is 0. The van der Waals surface area contributed by atoms with Gasteiger partial charge < -0.3 is 4.74 Å². The van der Waals surface area contributed by atoms with E-state index in [-0.39, 0.29) is 17.9 Å². The van der Waals surface area contributed by atoms with E-state index in [1.807, 2.05) is 12.1 Å². The number of benzene rings is 2. The molecule has 0 aliphatic heterocycles. The Kier molecular flexibility index (Phi) is 7.03. The Morgan fingerprint density at radius 3 is 2.36 bits per heavy atom. The number of hydrogen-bond acceptors (Lipinski definition) is 2. The molecule has 2 aromatic carbocycles. The molecule has 0 bridgehead atoms. The Hall–Kier alpha value is -2.41. The topological polar surface area (TPSA) is 33.0 Å². The maximum Gasteiger partial charge on any atom is 0.202 e. The van der Waals surface area contributed by atoms with Crippen LogP contribution in [0.1, 0.15) is 74.5 Å². The lowest BCUT2D eigenvalue weighted by molar-refractivity contribution is 0.284. The van der Waals surface area contributed by atoms with Crippen molar-refractivity contribution in [2.75, 3.05) is 0 Å². The summed E-state index contributed by atoms with van der Waals surface area (Å²) < 4.78 is 33.0. The van der Waals surface area contributed by atoms with E-state index < -0.39 is 11.6 Å². The summed E-state index contributed by atoms with van der Waals surface area (Å²) in [6, 6.07) is 12.4. The SMILES string of the molecule is CCCC[C@H]1CC[C@H](c2ccc(COc3ccc(C#N)c(F)c3F)cc2)CC1. The minimum absolute atomic E-state index is 0.159. The summed E-state index contributed by atoms with van der Waals surface area (Å²) in [6.45, 7) is 2.41. The second-order valence-electron chi connectivity index (χ2n) is 7.74. The minimum atomic E-state index is -1.16. The van der Waals surface area contributed by atoms with Crippen molar-refractivity contribution in [3.8, 4) is 11.8 Å². The molecule has 0 saturated heterocycles. The zero-order valence-corrected chi connectivity index (χ0v) is 16.4. The van der Waals surface area contributed by atoms with Gasteiger partial charge >= 0.3 is 0 Å². The first-order valence-corrected chi connectivity index (χ1v) is 10.2. The lowest BCUT2D eigenvalue weighted by Gasteiger charge is -2.29. The van der Waals surface area contributed by atoms with Crippen LogP contribution in [0, 0.1) is 28.9 Å². The lowest BCUT2D eigenvalue weighted by atomic mass is 9.77. The van der Waals surface area contributed by atoms with E-state index in [1.165, 1.54) is 62.6 Å². The standard InChI is InChI=1S/C24H27F2NO/c1-2-3-4-17-5-9-19(10-6-17)20-11-7-18(8-12-20)16-28-22-14-13-21(15-27)23(25)24(22)26/h7-8,11-14,17,19H,2-6,9-10,16H2,1H3/t17-,19-. The van der Waals surface area contributed by atoms with Crippen molar-refractivity contribution in [3.05, 3.63) is 64.7 Å². The van der Waals surface area contributed by atoms with Crippen LogP contribution in [0.2, 0.25) is 0 Å². The van der Waals surface area contributed by atoms with Crippen LogP contribution in [0.5, 0.6) is 5.75 Å². The van der Waals surface area contributed by atoms with Gasteiger partial charge in [-0.3, -0.25) is 0 Å². The fourth-order valence-electron chi connectivity index (χ4n) is 4.05. The van der Waals surface area contributed by atoms with Crippen LogP contribution in [0.3, 0.4) is 0 Å². The summed E-state index contributed by atoms with van der Waals surface area (Å²) in [5, 5.41) is 8.73. The molecule has 3 rings (SSSR count). The number of halogens is 2. The molecule has 148 valence electrons. The van der Waals surface area contributed by atoms with Gasteiger partial charge in [0.15, 0.2) is 11.6 Å². The Balaban J connectivity index is 1.54. The zero-order valence-electron chi connectivity index (χ0n) is 16.4. The quantitative estimate of drug-likeness (QED) is 0.522. The van der Waals surface area contributed by atoms with Crippen molar-refractivity contribution in [1.82, 2.24) is 0 Å². The first-order chi connectivity index (χ1) is 13.6. The van der Waals surface area contributed by atoms with Gasteiger partial charge in [-0.15, -0.1) is 0 Å². The van der Waals surface area contributed by atoms with Crippen LogP contribution in [0.15, 0.2) is 36.4 Å². The third kappa shape index (κ3) is 4.90. The first-order valence-electron chi connectivity index (χ1n) is 10.2. The molecule has 0 amide bonds. The van der Waals surface area contributed by atoms with Crippen LogP contribution in [-0.2, 0) is 6.61 Å². The van der Waals surface area contributed by atoms with E-state index in [2.05, 4.69) is 19.1 Å². The normalized spacial score (nSPS) is 19.2. The van der Waals surface area contributed by atoms with E-state index in [1.54, 1.807) is 6.07 Å². The fourth-order valence-corrected chi connectivity index (χ4v) is 4.05. The van der Waals surface area contributed by atoms with E-state index in [4.69, 9.17) is 10.00 Å². The van der Waals surface area contributed by atoms with E-state index in [9.17, 15) is 8.78 Å². The van der Waals surface area contributed by atoms with Gasteiger partial charge in [-0.25, -0.2) is 4.39 Å². The largest absolute Gasteiger partial charge is 0.486 e. The minimum Gasteiger partial charge on any atom is -0.486 e. The van der Waals surface area contributed by atoms with E-state index in [0.717, 1.165) is 11.5 Å². The average Bonchev–Trinajstić information content (AvgIpc) is 2.74. The predicted molar refractivity (Wildman–Crippen MR) is 106 cm³/mol. The van der Waals surface area contributed by atoms with Crippen LogP contribution in [-0.4, -0.2) is 0 Å². The molecular formula is C24H27F2NO. The van der Waals surface area contributed by atoms with Crippen molar-refractivity contribution in [2.45, 2.75) is 64.4 Å². The smallest absolute Gasteiger partial charge is 0.202 e. The molecule has 2 nitrogen and oxygen atoms in total. The lowest BCUT2D eigenvalue weighted by Crippen LogP contribution is -2.13. The van der Waals surface area contributed by atoms with Crippen LogP contribution in [0.4, 0.5) is 8.78 Å². The van der Waals surface area contributed by atoms with Crippen molar-refractivity contribution in [3.63, 3.8) is 0 Å². The monoisotopic (exact) mass is 383 g/mol. The number of nitrogens with zero attached hydrogens (tertiary/aromatic N) is 1.